The van der Waals surface area contributed by atoms with Crippen LogP contribution in [0, 0.1) is 5.92 Å². The largest absolute Gasteiger partial charge is 0.376 e. The molecule has 2 nitrogen and oxygen atoms in total. The highest BCUT2D eigenvalue weighted by molar-refractivity contribution is 5.28. The molecule has 1 aromatic rings. The Bertz CT molecular complexity index is 435. The molecule has 21 heavy (non-hydrogen) atoms. The molecule has 1 aromatic carbocycles. The number of nitrogens with one attached hydrogen (secondary N) is 1. The van der Waals surface area contributed by atoms with Gasteiger partial charge in [0.1, 0.15) is 0 Å². The third kappa shape index (κ3) is 3.67. The lowest BCUT2D eigenvalue weighted by Crippen LogP contribution is -2.47. The Balaban J connectivity index is 2.31. The van der Waals surface area contributed by atoms with Crippen molar-refractivity contribution in [3.63, 3.8) is 0 Å². The van der Waals surface area contributed by atoms with Gasteiger partial charge in [0.05, 0.1) is 11.6 Å². The molecule has 1 N–H and O–H groups in total. The summed E-state index contributed by atoms with van der Waals surface area (Å²) in [5.41, 5.74) is 2.74. The van der Waals surface area contributed by atoms with Gasteiger partial charge in [0.25, 0.3) is 0 Å². The lowest BCUT2D eigenvalue weighted by molar-refractivity contribution is -0.0757. The minimum Gasteiger partial charge on any atom is -0.376 e. The Morgan fingerprint density at radius 2 is 2.00 bits per heavy atom. The number of hydrogen-bond donors (Lipinski definition) is 1. The van der Waals surface area contributed by atoms with Gasteiger partial charge in [0.2, 0.25) is 0 Å². The van der Waals surface area contributed by atoms with Crippen LogP contribution in [0.25, 0.3) is 0 Å². The van der Waals surface area contributed by atoms with Crippen LogP contribution in [0.1, 0.15) is 63.6 Å². The highest BCUT2D eigenvalue weighted by atomic mass is 16.5. The molecule has 1 aliphatic carbocycles. The van der Waals surface area contributed by atoms with Crippen LogP contribution in [0.2, 0.25) is 0 Å². The Kier molecular flexibility index (Phi) is 5.83. The van der Waals surface area contributed by atoms with E-state index in [4.69, 9.17) is 4.74 Å². The molecule has 2 heteroatoms. The second kappa shape index (κ2) is 7.42. The van der Waals surface area contributed by atoms with Crippen molar-refractivity contribution in [1.82, 2.24) is 5.32 Å². The van der Waals surface area contributed by atoms with Crippen molar-refractivity contribution in [1.29, 1.82) is 0 Å². The van der Waals surface area contributed by atoms with E-state index in [0.717, 1.165) is 31.7 Å². The Morgan fingerprint density at radius 3 is 2.57 bits per heavy atom. The van der Waals surface area contributed by atoms with E-state index in [2.05, 4.69) is 50.4 Å². The van der Waals surface area contributed by atoms with Crippen molar-refractivity contribution in [3.05, 3.63) is 35.4 Å². The van der Waals surface area contributed by atoms with E-state index < -0.39 is 0 Å². The molecule has 0 spiro atoms. The lowest BCUT2D eigenvalue weighted by Gasteiger charge is -2.44. The second-order valence-electron chi connectivity index (χ2n) is 6.54. The molecule has 0 aromatic heterocycles. The number of hydrogen-bond acceptors (Lipinski definition) is 2. The number of ether oxygens (including phenoxy) is 1. The zero-order valence-electron chi connectivity index (χ0n) is 14.1. The minimum absolute atomic E-state index is 0.0467. The first-order valence-electron chi connectivity index (χ1n) is 8.52. The summed E-state index contributed by atoms with van der Waals surface area (Å²) in [4.78, 5) is 0. The van der Waals surface area contributed by atoms with E-state index in [9.17, 15) is 0 Å². The molecule has 0 saturated heterocycles. The summed E-state index contributed by atoms with van der Waals surface area (Å²) >= 11 is 0. The summed E-state index contributed by atoms with van der Waals surface area (Å²) in [5.74, 6) is 0.831. The zero-order valence-corrected chi connectivity index (χ0v) is 14.1. The highest BCUT2D eigenvalue weighted by Crippen LogP contribution is 2.43. The molecule has 0 heterocycles. The summed E-state index contributed by atoms with van der Waals surface area (Å²) in [6, 6.07) is 9.31. The SMILES string of the molecule is CCNC(c1cccc(CC)c1)C1(OC)CCC(C)CC1. The third-order valence-electron chi connectivity index (χ3n) is 5.15. The number of benzene rings is 1. The zero-order chi connectivity index (χ0) is 15.3. The Hall–Kier alpha value is -0.860. The van der Waals surface area contributed by atoms with E-state index in [-0.39, 0.29) is 5.60 Å². The second-order valence-corrected chi connectivity index (χ2v) is 6.54. The Morgan fingerprint density at radius 1 is 1.29 bits per heavy atom. The molecule has 0 bridgehead atoms. The van der Waals surface area contributed by atoms with Gasteiger partial charge in [-0.25, -0.2) is 0 Å². The summed E-state index contributed by atoms with van der Waals surface area (Å²) in [7, 11) is 1.89. The van der Waals surface area contributed by atoms with Crippen LogP contribution in [-0.4, -0.2) is 19.3 Å². The molecule has 1 aliphatic rings. The summed E-state index contributed by atoms with van der Waals surface area (Å²) < 4.78 is 6.11. The topological polar surface area (TPSA) is 21.3 Å². The van der Waals surface area contributed by atoms with E-state index in [1.54, 1.807) is 0 Å². The van der Waals surface area contributed by atoms with Gasteiger partial charge < -0.3 is 10.1 Å². The van der Waals surface area contributed by atoms with Crippen LogP contribution in [0.5, 0.6) is 0 Å². The fraction of sp³-hybridized carbons (Fsp3) is 0.684. The van der Waals surface area contributed by atoms with Crippen LogP contribution >= 0.6 is 0 Å². The molecule has 118 valence electrons. The molecule has 1 fully saturated rings. The predicted octanol–water partition coefficient (Wildman–Crippen LogP) is 4.49. The van der Waals surface area contributed by atoms with Gasteiger partial charge in [-0.2, -0.15) is 0 Å². The van der Waals surface area contributed by atoms with E-state index in [0.29, 0.717) is 6.04 Å². The molecule has 1 atom stereocenters. The minimum atomic E-state index is -0.0467. The molecular formula is C19H31NO. The number of aryl methyl sites for hydroxylation is 1. The fourth-order valence-electron chi connectivity index (χ4n) is 3.67. The molecule has 2 rings (SSSR count). The fourth-order valence-corrected chi connectivity index (χ4v) is 3.67. The smallest absolute Gasteiger partial charge is 0.0872 e. The molecule has 0 amide bonds. The van der Waals surface area contributed by atoms with Crippen molar-refractivity contribution in [2.45, 2.75) is 64.5 Å². The average Bonchev–Trinajstić information content (AvgIpc) is 2.54. The normalized spacial score (nSPS) is 27.5. The van der Waals surface area contributed by atoms with Crippen LogP contribution in [0.15, 0.2) is 24.3 Å². The summed E-state index contributed by atoms with van der Waals surface area (Å²) in [6.07, 6.45) is 5.92. The Labute approximate surface area is 130 Å². The molecule has 0 aliphatic heterocycles. The first-order valence-corrected chi connectivity index (χ1v) is 8.52. The first-order chi connectivity index (χ1) is 10.1. The maximum absolute atomic E-state index is 6.11. The average molecular weight is 289 g/mol. The number of methoxy groups -OCH3 is 1. The van der Waals surface area contributed by atoms with E-state index in [1.165, 1.54) is 24.0 Å². The lowest BCUT2D eigenvalue weighted by atomic mass is 9.73. The maximum atomic E-state index is 6.11. The molecule has 0 radical (unpaired) electrons. The summed E-state index contributed by atoms with van der Waals surface area (Å²) in [5, 5.41) is 3.70. The van der Waals surface area contributed by atoms with Crippen LogP contribution in [0.3, 0.4) is 0 Å². The van der Waals surface area contributed by atoms with E-state index >= 15 is 0 Å². The number of likely N-dealkylation sites (N-methyl/N-ethyl adjacent to an activating group) is 1. The summed E-state index contributed by atoms with van der Waals surface area (Å²) in [6.45, 7) is 7.74. The highest BCUT2D eigenvalue weighted by Gasteiger charge is 2.41. The third-order valence-corrected chi connectivity index (χ3v) is 5.15. The van der Waals surface area contributed by atoms with E-state index in [1.807, 2.05) is 7.11 Å². The van der Waals surface area contributed by atoms with Crippen LogP contribution in [0.4, 0.5) is 0 Å². The van der Waals surface area contributed by atoms with Gasteiger partial charge in [-0.15, -0.1) is 0 Å². The van der Waals surface area contributed by atoms with Crippen molar-refractivity contribution < 1.29 is 4.74 Å². The van der Waals surface area contributed by atoms with Crippen molar-refractivity contribution in [2.75, 3.05) is 13.7 Å². The van der Waals surface area contributed by atoms with Gasteiger partial charge in [0, 0.05) is 7.11 Å². The first kappa shape index (κ1) is 16.5. The molecule has 1 saturated carbocycles. The quantitative estimate of drug-likeness (QED) is 0.833. The van der Waals surface area contributed by atoms with Crippen molar-refractivity contribution in [3.8, 4) is 0 Å². The standard InChI is InChI=1S/C19H31NO/c1-5-16-8-7-9-17(14-16)18(20-6-2)19(21-4)12-10-15(3)11-13-19/h7-9,14-15,18,20H,5-6,10-13H2,1-4H3. The number of rotatable bonds is 6. The van der Waals surface area contributed by atoms with Gasteiger partial charge in [0.15, 0.2) is 0 Å². The predicted molar refractivity (Wildman–Crippen MR) is 89.6 cm³/mol. The van der Waals surface area contributed by atoms with Crippen molar-refractivity contribution >= 4 is 0 Å². The monoisotopic (exact) mass is 289 g/mol. The molecular weight excluding hydrogens is 258 g/mol. The van der Waals surface area contributed by atoms with Crippen molar-refractivity contribution in [2.24, 2.45) is 5.92 Å². The van der Waals surface area contributed by atoms with Gasteiger partial charge in [-0.1, -0.05) is 45.0 Å². The molecule has 1 unspecified atom stereocenters. The van der Waals surface area contributed by atoms with Gasteiger partial charge >= 0.3 is 0 Å². The van der Waals surface area contributed by atoms with Crippen LogP contribution in [-0.2, 0) is 11.2 Å². The van der Waals surface area contributed by atoms with Gasteiger partial charge in [-0.3, -0.25) is 0 Å². The van der Waals surface area contributed by atoms with Gasteiger partial charge in [-0.05, 0) is 55.7 Å². The maximum Gasteiger partial charge on any atom is 0.0872 e. The van der Waals surface area contributed by atoms with Crippen LogP contribution < -0.4 is 5.32 Å².